The zero-order valence-electron chi connectivity index (χ0n) is 10.3. The van der Waals surface area contributed by atoms with E-state index in [9.17, 15) is 4.79 Å². The fourth-order valence-electron chi connectivity index (χ4n) is 1.64. The van der Waals surface area contributed by atoms with Crippen LogP contribution in [0.2, 0.25) is 0 Å². The van der Waals surface area contributed by atoms with E-state index in [0.29, 0.717) is 24.1 Å². The first-order valence-corrected chi connectivity index (χ1v) is 6.64. The lowest BCUT2D eigenvalue weighted by molar-refractivity contribution is 0.100. The summed E-state index contributed by atoms with van der Waals surface area (Å²) in [6, 6.07) is 2.11. The Morgan fingerprint density at radius 2 is 2.29 bits per heavy atom. The molecule has 17 heavy (non-hydrogen) atoms. The second-order valence-electron chi connectivity index (χ2n) is 4.41. The predicted octanol–water partition coefficient (Wildman–Crippen LogP) is 1.34. The van der Waals surface area contributed by atoms with Gasteiger partial charge >= 0.3 is 0 Å². The van der Waals surface area contributed by atoms with Gasteiger partial charge < -0.3 is 16.2 Å². The highest BCUT2D eigenvalue weighted by atomic mass is 32.1. The molecule has 0 saturated carbocycles. The van der Waals surface area contributed by atoms with Crippen LogP contribution in [0.1, 0.15) is 35.5 Å². The van der Waals surface area contributed by atoms with Crippen LogP contribution in [0.25, 0.3) is 0 Å². The Bertz CT molecular complexity index is 363. The van der Waals surface area contributed by atoms with Crippen molar-refractivity contribution < 1.29 is 9.90 Å². The van der Waals surface area contributed by atoms with Crippen LogP contribution in [0.3, 0.4) is 0 Å². The van der Waals surface area contributed by atoms with Gasteiger partial charge in [-0.2, -0.15) is 0 Å². The summed E-state index contributed by atoms with van der Waals surface area (Å²) in [5, 5.41) is 14.1. The minimum atomic E-state index is -0.386. The highest BCUT2D eigenvalue weighted by Crippen LogP contribution is 2.15. The molecule has 0 spiro atoms. The average Bonchev–Trinajstić information content (AvgIpc) is 2.72. The molecule has 1 aromatic rings. The maximum atomic E-state index is 10.9. The van der Waals surface area contributed by atoms with Gasteiger partial charge in [0, 0.05) is 29.5 Å². The number of aliphatic hydroxyl groups is 1. The zero-order chi connectivity index (χ0) is 12.8. The second-order valence-corrected chi connectivity index (χ2v) is 5.41. The Morgan fingerprint density at radius 1 is 1.59 bits per heavy atom. The molecule has 0 aliphatic carbocycles. The third-order valence-corrected chi connectivity index (χ3v) is 3.66. The van der Waals surface area contributed by atoms with Crippen molar-refractivity contribution in [2.45, 2.75) is 32.9 Å². The Labute approximate surface area is 106 Å². The van der Waals surface area contributed by atoms with E-state index in [4.69, 9.17) is 10.8 Å². The first-order valence-electron chi connectivity index (χ1n) is 5.76. The standard InChI is InChI=1S/C12H20N2O2S/c1-8(2)11(3-4-15)14-6-10-5-9(7-17-10)12(13)16/h5,7-8,11,14-15H,3-4,6H2,1-2H3,(H2,13,16). The molecule has 1 aromatic heterocycles. The third-order valence-electron chi connectivity index (χ3n) is 2.72. The molecule has 1 atom stereocenters. The first kappa shape index (κ1) is 14.2. The number of rotatable bonds is 7. The van der Waals surface area contributed by atoms with Crippen molar-refractivity contribution in [2.24, 2.45) is 11.7 Å². The van der Waals surface area contributed by atoms with Gasteiger partial charge in [-0.15, -0.1) is 11.3 Å². The van der Waals surface area contributed by atoms with Gasteiger partial charge in [0.15, 0.2) is 0 Å². The highest BCUT2D eigenvalue weighted by molar-refractivity contribution is 7.10. The first-order chi connectivity index (χ1) is 8.04. The number of amides is 1. The molecule has 4 nitrogen and oxygen atoms in total. The quantitative estimate of drug-likeness (QED) is 0.689. The molecule has 1 unspecified atom stereocenters. The van der Waals surface area contributed by atoms with Crippen LogP contribution in [0.4, 0.5) is 0 Å². The monoisotopic (exact) mass is 256 g/mol. The Hall–Kier alpha value is -0.910. The van der Waals surface area contributed by atoms with Crippen molar-refractivity contribution in [3.05, 3.63) is 21.9 Å². The van der Waals surface area contributed by atoms with Gasteiger partial charge in [-0.1, -0.05) is 13.8 Å². The molecule has 0 aliphatic heterocycles. The molecule has 1 amide bonds. The number of nitrogens with one attached hydrogen (secondary N) is 1. The number of carbonyl (C=O) groups is 1. The summed E-state index contributed by atoms with van der Waals surface area (Å²) < 4.78 is 0. The van der Waals surface area contributed by atoms with Crippen LogP contribution in [-0.4, -0.2) is 23.7 Å². The van der Waals surface area contributed by atoms with Crippen LogP contribution in [0, 0.1) is 5.92 Å². The van der Waals surface area contributed by atoms with Crippen molar-refractivity contribution >= 4 is 17.2 Å². The van der Waals surface area contributed by atoms with Crippen molar-refractivity contribution in [2.75, 3.05) is 6.61 Å². The van der Waals surface area contributed by atoms with E-state index in [0.717, 1.165) is 11.3 Å². The van der Waals surface area contributed by atoms with E-state index < -0.39 is 0 Å². The average molecular weight is 256 g/mol. The molecule has 0 bridgehead atoms. The smallest absolute Gasteiger partial charge is 0.249 e. The number of aliphatic hydroxyl groups excluding tert-OH is 1. The Kier molecular flexibility index (Phi) is 5.61. The van der Waals surface area contributed by atoms with Crippen LogP contribution >= 0.6 is 11.3 Å². The molecule has 0 aliphatic rings. The van der Waals surface area contributed by atoms with Crippen LogP contribution in [0.5, 0.6) is 0 Å². The van der Waals surface area contributed by atoms with Crippen molar-refractivity contribution in [1.82, 2.24) is 5.32 Å². The molecule has 0 radical (unpaired) electrons. The van der Waals surface area contributed by atoms with Gasteiger partial charge in [0.2, 0.25) is 5.91 Å². The molecule has 5 heteroatoms. The van der Waals surface area contributed by atoms with Crippen LogP contribution < -0.4 is 11.1 Å². The molecular weight excluding hydrogens is 236 g/mol. The van der Waals surface area contributed by atoms with Gasteiger partial charge in [0.25, 0.3) is 0 Å². The summed E-state index contributed by atoms with van der Waals surface area (Å²) in [7, 11) is 0. The lowest BCUT2D eigenvalue weighted by atomic mass is 10.0. The molecule has 0 aromatic carbocycles. The molecule has 1 heterocycles. The summed E-state index contributed by atoms with van der Waals surface area (Å²) in [6.07, 6.45) is 0.742. The fourth-order valence-corrected chi connectivity index (χ4v) is 2.47. The summed E-state index contributed by atoms with van der Waals surface area (Å²) in [5.74, 6) is 0.0843. The Morgan fingerprint density at radius 3 is 2.76 bits per heavy atom. The molecule has 4 N–H and O–H groups in total. The van der Waals surface area contributed by atoms with Gasteiger partial charge in [-0.05, 0) is 18.4 Å². The SMILES string of the molecule is CC(C)C(CCO)NCc1cc(C(N)=O)cs1. The summed E-state index contributed by atoms with van der Waals surface area (Å²) in [4.78, 5) is 12.0. The largest absolute Gasteiger partial charge is 0.396 e. The van der Waals surface area contributed by atoms with Crippen molar-refractivity contribution in [1.29, 1.82) is 0 Å². The number of nitrogens with two attached hydrogens (primary N) is 1. The third kappa shape index (κ3) is 4.46. The van der Waals surface area contributed by atoms with Gasteiger partial charge in [0.1, 0.15) is 0 Å². The van der Waals surface area contributed by atoms with E-state index >= 15 is 0 Å². The van der Waals surface area contributed by atoms with E-state index in [-0.39, 0.29) is 12.5 Å². The molecule has 0 saturated heterocycles. The molecule has 1 rings (SSSR count). The number of primary amides is 1. The van der Waals surface area contributed by atoms with Crippen LogP contribution in [0.15, 0.2) is 11.4 Å². The van der Waals surface area contributed by atoms with E-state index in [1.807, 2.05) is 6.07 Å². The normalized spacial score (nSPS) is 12.9. The number of thiophene rings is 1. The summed E-state index contributed by atoms with van der Waals surface area (Å²) in [5.41, 5.74) is 5.76. The van der Waals surface area contributed by atoms with Crippen molar-refractivity contribution in [3.63, 3.8) is 0 Å². The highest BCUT2D eigenvalue weighted by Gasteiger charge is 2.12. The molecule has 96 valence electrons. The second kappa shape index (κ2) is 6.74. The number of carbonyl (C=O) groups excluding carboxylic acids is 1. The van der Waals surface area contributed by atoms with Gasteiger partial charge in [-0.3, -0.25) is 4.79 Å². The topological polar surface area (TPSA) is 75.3 Å². The van der Waals surface area contributed by atoms with E-state index in [1.165, 1.54) is 11.3 Å². The van der Waals surface area contributed by atoms with Crippen LogP contribution in [-0.2, 0) is 6.54 Å². The molecular formula is C12H20N2O2S. The van der Waals surface area contributed by atoms with E-state index in [2.05, 4.69) is 19.2 Å². The fraction of sp³-hybridized carbons (Fsp3) is 0.583. The maximum Gasteiger partial charge on any atom is 0.249 e. The minimum absolute atomic E-state index is 0.187. The predicted molar refractivity (Wildman–Crippen MR) is 70.0 cm³/mol. The zero-order valence-corrected chi connectivity index (χ0v) is 11.1. The maximum absolute atomic E-state index is 10.9. The lowest BCUT2D eigenvalue weighted by Gasteiger charge is -2.21. The van der Waals surface area contributed by atoms with E-state index in [1.54, 1.807) is 5.38 Å². The van der Waals surface area contributed by atoms with Gasteiger partial charge in [0.05, 0.1) is 5.56 Å². The lowest BCUT2D eigenvalue weighted by Crippen LogP contribution is -2.34. The van der Waals surface area contributed by atoms with Gasteiger partial charge in [-0.25, -0.2) is 0 Å². The minimum Gasteiger partial charge on any atom is -0.396 e. The number of hydrogen-bond donors (Lipinski definition) is 3. The summed E-state index contributed by atoms with van der Waals surface area (Å²) >= 11 is 1.52. The Balaban J connectivity index is 2.50. The number of hydrogen-bond acceptors (Lipinski definition) is 4. The van der Waals surface area contributed by atoms with Crippen molar-refractivity contribution in [3.8, 4) is 0 Å². The summed E-state index contributed by atoms with van der Waals surface area (Å²) in [6.45, 7) is 5.14. The molecule has 0 fully saturated rings.